The fourth-order valence-electron chi connectivity index (χ4n) is 2.62. The maximum atomic E-state index is 12.2. The number of oxazole rings is 1. The lowest BCUT2D eigenvalue weighted by Crippen LogP contribution is -2.38. The highest BCUT2D eigenvalue weighted by Gasteiger charge is 2.27. The van der Waals surface area contributed by atoms with Crippen molar-refractivity contribution in [1.29, 1.82) is 0 Å². The summed E-state index contributed by atoms with van der Waals surface area (Å²) in [7, 11) is 0. The number of amides is 2. The Balaban J connectivity index is 1.45. The Bertz CT molecular complexity index is 932. The number of furan rings is 1. The summed E-state index contributed by atoms with van der Waals surface area (Å²) in [5, 5.41) is 2.69. The molecule has 0 saturated carbocycles. The highest BCUT2D eigenvalue weighted by atomic mass is 16.5. The minimum Gasteiger partial charge on any atom is -0.482 e. The summed E-state index contributed by atoms with van der Waals surface area (Å²) < 4.78 is 15.9. The zero-order valence-electron chi connectivity index (χ0n) is 13.7. The number of hydrogen-bond donors (Lipinski definition) is 1. The van der Waals surface area contributed by atoms with Gasteiger partial charge in [-0.15, -0.1) is 0 Å². The van der Waals surface area contributed by atoms with E-state index in [1.165, 1.54) is 17.4 Å². The van der Waals surface area contributed by atoms with Gasteiger partial charge >= 0.3 is 0 Å². The molecule has 0 spiro atoms. The lowest BCUT2D eigenvalue weighted by Gasteiger charge is -2.28. The summed E-state index contributed by atoms with van der Waals surface area (Å²) >= 11 is 0. The van der Waals surface area contributed by atoms with E-state index < -0.39 is 0 Å². The van der Waals surface area contributed by atoms with E-state index in [2.05, 4.69) is 10.3 Å². The minimum atomic E-state index is -0.384. The topological polar surface area (TPSA) is 97.8 Å². The molecule has 1 aromatic carbocycles. The number of para-hydroxylation sites is 2. The largest absolute Gasteiger partial charge is 0.482 e. The van der Waals surface area contributed by atoms with Crippen LogP contribution in [0.25, 0.3) is 0 Å². The summed E-state index contributed by atoms with van der Waals surface area (Å²) in [6, 6.07) is 10.7. The number of hydrogen-bond acceptors (Lipinski definition) is 6. The lowest BCUT2D eigenvalue weighted by atomic mass is 10.2. The summed E-state index contributed by atoms with van der Waals surface area (Å²) in [5.74, 6) is 0.932. The molecule has 0 atom stereocenters. The number of aromatic nitrogens is 1. The maximum absolute atomic E-state index is 12.2. The zero-order valence-corrected chi connectivity index (χ0v) is 13.7. The maximum Gasteiger partial charge on any atom is 0.273 e. The van der Waals surface area contributed by atoms with E-state index in [1.54, 1.807) is 24.3 Å². The first-order valence-corrected chi connectivity index (χ1v) is 7.98. The number of ether oxygens (including phenoxy) is 1. The summed E-state index contributed by atoms with van der Waals surface area (Å²) in [6.45, 7) is 0.322. The van der Waals surface area contributed by atoms with E-state index in [1.807, 2.05) is 12.1 Å². The molecule has 1 aliphatic heterocycles. The van der Waals surface area contributed by atoms with Crippen LogP contribution < -0.4 is 15.0 Å². The van der Waals surface area contributed by atoms with Gasteiger partial charge in [0.2, 0.25) is 5.89 Å². The molecule has 0 bridgehead atoms. The number of rotatable bonds is 5. The van der Waals surface area contributed by atoms with E-state index >= 15 is 0 Å². The molecule has 3 heterocycles. The molecule has 0 unspecified atom stereocenters. The number of nitrogens with one attached hydrogen (secondary N) is 1. The molecule has 26 heavy (non-hydrogen) atoms. The minimum absolute atomic E-state index is 0.0474. The predicted octanol–water partition coefficient (Wildman–Crippen LogP) is 2.12. The molecule has 3 aromatic rings. The molecule has 8 nitrogen and oxygen atoms in total. The second-order valence-electron chi connectivity index (χ2n) is 5.62. The first-order valence-electron chi connectivity index (χ1n) is 7.98. The van der Waals surface area contributed by atoms with E-state index in [4.69, 9.17) is 13.6 Å². The molecular formula is C18H15N3O5. The molecule has 2 amide bonds. The van der Waals surface area contributed by atoms with Crippen LogP contribution in [0.3, 0.4) is 0 Å². The zero-order chi connectivity index (χ0) is 17.9. The summed E-state index contributed by atoms with van der Waals surface area (Å²) in [6.07, 6.45) is 2.80. The quantitative estimate of drug-likeness (QED) is 0.754. The Kier molecular flexibility index (Phi) is 4.14. The highest BCUT2D eigenvalue weighted by Crippen LogP contribution is 2.32. The molecule has 2 aromatic heterocycles. The Morgan fingerprint density at radius 3 is 2.92 bits per heavy atom. The van der Waals surface area contributed by atoms with Crippen LogP contribution in [0.1, 0.15) is 22.1 Å². The Labute approximate surface area is 148 Å². The van der Waals surface area contributed by atoms with E-state index in [0.717, 1.165) is 0 Å². The van der Waals surface area contributed by atoms with Gasteiger partial charge in [0.25, 0.3) is 11.8 Å². The van der Waals surface area contributed by atoms with Crippen LogP contribution in [-0.4, -0.2) is 23.4 Å². The fourth-order valence-corrected chi connectivity index (χ4v) is 2.62. The van der Waals surface area contributed by atoms with Crippen molar-refractivity contribution in [3.63, 3.8) is 0 Å². The van der Waals surface area contributed by atoms with Gasteiger partial charge in [0.15, 0.2) is 12.3 Å². The molecule has 0 radical (unpaired) electrons. The van der Waals surface area contributed by atoms with Crippen LogP contribution in [-0.2, 0) is 17.9 Å². The van der Waals surface area contributed by atoms with E-state index in [0.29, 0.717) is 17.2 Å². The SMILES string of the molecule is O=C(NCc1ccco1)c1coc(CN2C(=O)COc3ccccc32)n1. The average molecular weight is 353 g/mol. The predicted molar refractivity (Wildman–Crippen MR) is 89.5 cm³/mol. The second-order valence-corrected chi connectivity index (χ2v) is 5.62. The normalized spacial score (nSPS) is 13.2. The molecule has 0 saturated heterocycles. The molecule has 132 valence electrons. The number of fused-ring (bicyclic) bond motifs is 1. The van der Waals surface area contributed by atoms with Crippen LogP contribution >= 0.6 is 0 Å². The first-order chi connectivity index (χ1) is 12.7. The van der Waals surface area contributed by atoms with Crippen molar-refractivity contribution in [3.05, 3.63) is 66.3 Å². The van der Waals surface area contributed by atoms with Crippen molar-refractivity contribution in [2.75, 3.05) is 11.5 Å². The third-order valence-corrected chi connectivity index (χ3v) is 3.89. The standard InChI is InChI=1S/C18H15N3O5/c22-17-11-25-15-6-2-1-5-14(15)21(17)9-16-20-13(10-26-16)18(23)19-8-12-4-3-7-24-12/h1-7,10H,8-9,11H2,(H,19,23). The molecule has 1 aliphatic rings. The Morgan fingerprint density at radius 1 is 1.19 bits per heavy atom. The number of carbonyl (C=O) groups is 2. The highest BCUT2D eigenvalue weighted by molar-refractivity contribution is 5.97. The number of benzene rings is 1. The van der Waals surface area contributed by atoms with Gasteiger partial charge < -0.3 is 18.9 Å². The number of nitrogens with zero attached hydrogens (tertiary/aromatic N) is 2. The Hall–Kier alpha value is -3.55. The second kappa shape index (κ2) is 6.75. The van der Waals surface area contributed by atoms with Crippen LogP contribution in [0.2, 0.25) is 0 Å². The number of carbonyl (C=O) groups excluding carboxylic acids is 2. The van der Waals surface area contributed by atoms with Crippen molar-refractivity contribution in [2.24, 2.45) is 0 Å². The first kappa shape index (κ1) is 15.9. The number of anilines is 1. The van der Waals surface area contributed by atoms with Gasteiger partial charge in [-0.25, -0.2) is 4.98 Å². The third-order valence-electron chi connectivity index (χ3n) is 3.89. The van der Waals surface area contributed by atoms with Crippen molar-refractivity contribution in [2.45, 2.75) is 13.1 Å². The smallest absolute Gasteiger partial charge is 0.273 e. The Morgan fingerprint density at radius 2 is 2.08 bits per heavy atom. The van der Waals surface area contributed by atoms with Crippen LogP contribution in [0.4, 0.5) is 5.69 Å². The van der Waals surface area contributed by atoms with Gasteiger partial charge in [-0.2, -0.15) is 0 Å². The lowest BCUT2D eigenvalue weighted by molar-refractivity contribution is -0.121. The molecule has 0 aliphatic carbocycles. The van der Waals surface area contributed by atoms with Gasteiger partial charge in [0.1, 0.15) is 24.3 Å². The van der Waals surface area contributed by atoms with Crippen molar-refractivity contribution >= 4 is 17.5 Å². The molecule has 1 N–H and O–H groups in total. The van der Waals surface area contributed by atoms with Gasteiger partial charge in [0, 0.05) is 0 Å². The van der Waals surface area contributed by atoms with Crippen LogP contribution in [0.5, 0.6) is 5.75 Å². The monoisotopic (exact) mass is 353 g/mol. The van der Waals surface area contributed by atoms with Crippen molar-refractivity contribution < 1.29 is 23.2 Å². The third kappa shape index (κ3) is 3.16. The van der Waals surface area contributed by atoms with Gasteiger partial charge in [-0.1, -0.05) is 12.1 Å². The van der Waals surface area contributed by atoms with Gasteiger partial charge in [-0.3, -0.25) is 14.5 Å². The molecule has 4 rings (SSSR count). The van der Waals surface area contributed by atoms with Crippen molar-refractivity contribution in [1.82, 2.24) is 10.3 Å². The molecule has 0 fully saturated rings. The van der Waals surface area contributed by atoms with Crippen molar-refractivity contribution in [3.8, 4) is 5.75 Å². The van der Waals surface area contributed by atoms with E-state index in [9.17, 15) is 9.59 Å². The molecule has 8 heteroatoms. The van der Waals surface area contributed by atoms with Crippen LogP contribution in [0, 0.1) is 0 Å². The van der Waals surface area contributed by atoms with Gasteiger partial charge in [-0.05, 0) is 24.3 Å². The van der Waals surface area contributed by atoms with Crippen LogP contribution in [0.15, 0.2) is 57.8 Å². The summed E-state index contributed by atoms with van der Waals surface area (Å²) in [5.41, 5.74) is 0.784. The van der Waals surface area contributed by atoms with Gasteiger partial charge in [0.05, 0.1) is 18.5 Å². The van der Waals surface area contributed by atoms with E-state index in [-0.39, 0.29) is 43.1 Å². The molecular weight excluding hydrogens is 338 g/mol. The fraction of sp³-hybridized carbons (Fsp3) is 0.167. The summed E-state index contributed by atoms with van der Waals surface area (Å²) in [4.78, 5) is 30.0. The average Bonchev–Trinajstić information content (AvgIpc) is 3.34.